The number of nitrogens with one attached hydrogen (secondary N) is 1. The first-order valence-electron chi connectivity index (χ1n) is 12.9. The van der Waals surface area contributed by atoms with Gasteiger partial charge in [-0.3, -0.25) is 23.5 Å². The molecule has 10 atom stereocenters. The Labute approximate surface area is 245 Å². The minimum absolute atomic E-state index is 0.134. The summed E-state index contributed by atoms with van der Waals surface area (Å²) in [5.74, 6) is -0.151. The van der Waals surface area contributed by atoms with Crippen LogP contribution < -0.4 is 17.0 Å². The lowest BCUT2D eigenvalue weighted by Crippen LogP contribution is -2.37. The predicted molar refractivity (Wildman–Crippen MR) is 146 cm³/mol. The van der Waals surface area contributed by atoms with Gasteiger partial charge in [0.25, 0.3) is 5.56 Å². The molecule has 2 unspecified atom stereocenters. The van der Waals surface area contributed by atoms with E-state index in [9.17, 15) is 39.0 Å². The average molecular weight is 659 g/mol. The smallest absolute Gasteiger partial charge is 0.338 e. The number of aliphatic hydroxyl groups excluding tert-OH is 3. The molecule has 2 fully saturated rings. The van der Waals surface area contributed by atoms with Gasteiger partial charge < -0.3 is 55.1 Å². The zero-order chi connectivity index (χ0) is 31.5. The van der Waals surface area contributed by atoms with Crippen molar-refractivity contribution in [3.8, 4) is 0 Å². The van der Waals surface area contributed by atoms with Crippen LogP contribution in [0.2, 0.25) is 0 Å². The molecule has 0 radical (unpaired) electrons. The Kier molecular flexibility index (Phi) is 8.05. The van der Waals surface area contributed by atoms with Gasteiger partial charge in [0.2, 0.25) is 5.95 Å². The van der Waals surface area contributed by atoms with Crippen LogP contribution in [0.15, 0.2) is 29.6 Å². The highest BCUT2D eigenvalue weighted by atomic mass is 31.2. The number of aromatic amines is 1. The minimum Gasteiger partial charge on any atom is -0.394 e. The van der Waals surface area contributed by atoms with Crippen molar-refractivity contribution in [2.45, 2.75) is 48.5 Å². The van der Waals surface area contributed by atoms with Crippen molar-refractivity contribution in [3.05, 3.63) is 40.8 Å². The van der Waals surface area contributed by atoms with E-state index in [4.69, 9.17) is 30.0 Å². The van der Waals surface area contributed by atoms with Crippen LogP contribution in [0, 0.1) is 0 Å². The summed E-state index contributed by atoms with van der Waals surface area (Å²) < 4.78 is 49.8. The molecule has 0 amide bonds. The molecule has 0 aromatic carbocycles. The fraction of sp³-hybridized carbons (Fsp3) is 0.476. The normalized spacial score (nSPS) is 31.1. The van der Waals surface area contributed by atoms with Gasteiger partial charge in [-0.15, -0.1) is 0 Å². The molecule has 6 heterocycles. The van der Waals surface area contributed by atoms with Crippen molar-refractivity contribution >= 4 is 44.3 Å². The Bertz CT molecular complexity index is 1830. The van der Waals surface area contributed by atoms with Gasteiger partial charge in [-0.25, -0.2) is 14.5 Å². The van der Waals surface area contributed by atoms with E-state index in [1.807, 2.05) is 0 Å². The van der Waals surface area contributed by atoms with Gasteiger partial charge in [-0.1, -0.05) is 0 Å². The number of ether oxygens (including phenoxy) is 2. The van der Waals surface area contributed by atoms with E-state index in [0.717, 1.165) is 10.9 Å². The summed E-state index contributed by atoms with van der Waals surface area (Å²) in [6.45, 7) is -1.53. The molecule has 6 rings (SSSR count). The summed E-state index contributed by atoms with van der Waals surface area (Å²) in [7, 11) is -8.62. The number of aliphatic hydroxyl groups is 3. The number of rotatable bonds is 9. The van der Waals surface area contributed by atoms with Gasteiger partial charge in [0.1, 0.15) is 54.1 Å². The molecule has 44 heavy (non-hydrogen) atoms. The molecule has 0 bridgehead atoms. The molecule has 21 nitrogen and oxygen atoms in total. The first-order chi connectivity index (χ1) is 20.9. The second-order valence-corrected chi connectivity index (χ2v) is 12.7. The van der Waals surface area contributed by atoms with E-state index >= 15 is 0 Å². The number of nitrogens with two attached hydrogens (primary N) is 2. The molecule has 4 aromatic rings. The maximum absolute atomic E-state index is 13.7. The van der Waals surface area contributed by atoms with Crippen LogP contribution in [0.25, 0.3) is 16.7 Å². The highest BCUT2D eigenvalue weighted by Crippen LogP contribution is 2.57. The van der Waals surface area contributed by atoms with Crippen LogP contribution in [0.1, 0.15) is 18.0 Å². The number of hydrogen-bond acceptors (Lipinski definition) is 16. The SMILES string of the molecule is Nc1nc2c(ncn2[C@@H]2O[C@H](CO)[C@@H](O)[C@H]2P(=O)(O)OC[C@H]2O[C@@H](c3ccc4c(N)ncnn34)[C@H](O)[C@@H]2O[PH](=O)O)c(=O)[nH]1. The third kappa shape index (κ3) is 5.21. The number of fused-ring (bicyclic) bond motifs is 2. The Hall–Kier alpha value is -3.33. The van der Waals surface area contributed by atoms with Crippen molar-refractivity contribution in [1.82, 2.24) is 34.1 Å². The first-order valence-corrected chi connectivity index (χ1v) is 15.8. The van der Waals surface area contributed by atoms with E-state index < -0.39 is 83.1 Å². The Morgan fingerprint density at radius 3 is 2.66 bits per heavy atom. The zero-order valence-electron chi connectivity index (χ0n) is 22.2. The van der Waals surface area contributed by atoms with E-state index in [1.165, 1.54) is 16.9 Å². The average Bonchev–Trinajstić information content (AvgIpc) is 3.72. The van der Waals surface area contributed by atoms with E-state index in [0.29, 0.717) is 5.52 Å². The van der Waals surface area contributed by atoms with Crippen molar-refractivity contribution < 1.29 is 52.8 Å². The van der Waals surface area contributed by atoms with E-state index in [-0.39, 0.29) is 28.6 Å². The largest absolute Gasteiger partial charge is 0.394 e. The number of aromatic nitrogens is 7. The Morgan fingerprint density at radius 2 is 1.93 bits per heavy atom. The molecule has 4 aromatic heterocycles. The van der Waals surface area contributed by atoms with Gasteiger partial charge in [-0.2, -0.15) is 10.1 Å². The van der Waals surface area contributed by atoms with Crippen molar-refractivity contribution in [1.29, 1.82) is 0 Å². The van der Waals surface area contributed by atoms with E-state index in [2.05, 4.69) is 25.0 Å². The lowest BCUT2D eigenvalue weighted by atomic mass is 10.1. The topological polar surface area (TPSA) is 318 Å². The Morgan fingerprint density at radius 1 is 1.16 bits per heavy atom. The fourth-order valence-corrected chi connectivity index (χ4v) is 7.60. The first kappa shape index (κ1) is 30.7. The van der Waals surface area contributed by atoms with Crippen LogP contribution in [-0.4, -0.2) is 109 Å². The van der Waals surface area contributed by atoms with Crippen LogP contribution in [0.3, 0.4) is 0 Å². The Balaban J connectivity index is 1.29. The number of H-pyrrole nitrogens is 1. The molecule has 238 valence electrons. The van der Waals surface area contributed by atoms with Crippen LogP contribution in [-0.2, 0) is 27.7 Å². The third-order valence-electron chi connectivity index (χ3n) is 7.42. The quantitative estimate of drug-likeness (QED) is 0.0855. The van der Waals surface area contributed by atoms with Gasteiger partial charge in [0.05, 0.1) is 25.2 Å². The van der Waals surface area contributed by atoms with Crippen molar-refractivity contribution in [3.63, 3.8) is 0 Å². The standard InChI is InChI=1S/C21H27N9O12P2/c22-17-8-2-1-7(30(8)26-5-24-17)14-13(33)15(42-43(35)36)10(40-14)4-39-44(37,38)16-12(32)9(3-31)41-20(16)29-6-25-11-18(29)27-21(23)28-19(11)34/h1-2,5-6,9-10,12-16,20,31-33,43H,3-4H2,(H,35,36)(H,37,38)(H2,22,24,26)(H3,23,27,28,34)/t9-,10-,12-,13+,14+,15-,16-,20-/m1/s1. The highest BCUT2D eigenvalue weighted by molar-refractivity contribution is 7.53. The summed E-state index contributed by atoms with van der Waals surface area (Å²) in [5, 5.41) is 35.8. The summed E-state index contributed by atoms with van der Waals surface area (Å²) in [4.78, 5) is 47.0. The molecule has 0 aliphatic carbocycles. The number of hydrogen-bond donors (Lipinski definition) is 8. The molecular formula is C21H27N9O12P2. The summed E-state index contributed by atoms with van der Waals surface area (Å²) in [5.41, 5.74) is 9.38. The van der Waals surface area contributed by atoms with Gasteiger partial charge in [-0.05, 0) is 12.1 Å². The van der Waals surface area contributed by atoms with Crippen molar-refractivity contribution in [2.24, 2.45) is 0 Å². The fourth-order valence-electron chi connectivity index (χ4n) is 5.43. The molecule has 2 aliphatic heterocycles. The molecule has 23 heteroatoms. The predicted octanol–water partition coefficient (Wildman–Crippen LogP) is -2.58. The lowest BCUT2D eigenvalue weighted by molar-refractivity contribution is -0.0434. The minimum atomic E-state index is -4.98. The molecule has 2 saturated heterocycles. The lowest BCUT2D eigenvalue weighted by Gasteiger charge is -2.27. The second kappa shape index (κ2) is 11.5. The summed E-state index contributed by atoms with van der Waals surface area (Å²) in [6.07, 6.45) is -8.09. The molecule has 2 aliphatic rings. The number of imidazole rings is 1. The second-order valence-electron chi connectivity index (χ2n) is 10.00. The summed E-state index contributed by atoms with van der Waals surface area (Å²) in [6, 6.07) is 3.09. The van der Waals surface area contributed by atoms with Gasteiger partial charge in [0, 0.05) is 0 Å². The molecule has 0 saturated carbocycles. The van der Waals surface area contributed by atoms with Crippen molar-refractivity contribution in [2.75, 3.05) is 24.7 Å². The van der Waals surface area contributed by atoms with Crippen LogP contribution >= 0.6 is 15.9 Å². The van der Waals surface area contributed by atoms with E-state index in [1.54, 1.807) is 6.07 Å². The van der Waals surface area contributed by atoms with Crippen LogP contribution in [0.4, 0.5) is 11.8 Å². The molecule has 0 spiro atoms. The monoisotopic (exact) mass is 659 g/mol. The highest BCUT2D eigenvalue weighted by Gasteiger charge is 2.56. The third-order valence-corrected chi connectivity index (χ3v) is 9.72. The maximum atomic E-state index is 13.7. The van der Waals surface area contributed by atoms with Gasteiger partial charge in [0.15, 0.2) is 23.2 Å². The van der Waals surface area contributed by atoms with Gasteiger partial charge >= 0.3 is 15.9 Å². The number of nitrogen functional groups attached to an aromatic ring is 2. The maximum Gasteiger partial charge on any atom is 0.338 e. The number of nitrogens with zero attached hydrogens (tertiary/aromatic N) is 6. The van der Waals surface area contributed by atoms with Crippen LogP contribution in [0.5, 0.6) is 0 Å². The molecule has 10 N–H and O–H groups in total. The number of anilines is 2. The zero-order valence-corrected chi connectivity index (χ0v) is 24.1. The molecular weight excluding hydrogens is 632 g/mol. The summed E-state index contributed by atoms with van der Waals surface area (Å²) >= 11 is 0.